The van der Waals surface area contributed by atoms with Gasteiger partial charge in [0, 0.05) is 44.0 Å². The molecule has 1 aromatic carbocycles. The minimum atomic E-state index is -4.01. The predicted molar refractivity (Wildman–Crippen MR) is 199 cm³/mol. The molecule has 2 aromatic rings. The average molecular weight is 829 g/mol. The molecule has 1 saturated heterocycles. The van der Waals surface area contributed by atoms with Gasteiger partial charge in [0.05, 0.1) is 23.9 Å². The number of nitrogens with one attached hydrogen (secondary N) is 4. The summed E-state index contributed by atoms with van der Waals surface area (Å²) < 4.78 is 58.2. The molecule has 2 aliphatic heterocycles. The lowest BCUT2D eigenvalue weighted by Gasteiger charge is -2.30. The van der Waals surface area contributed by atoms with Crippen LogP contribution in [0.3, 0.4) is 0 Å². The van der Waals surface area contributed by atoms with Crippen molar-refractivity contribution in [2.24, 2.45) is 5.92 Å². The summed E-state index contributed by atoms with van der Waals surface area (Å²) in [6.45, 7) is 8.68. The van der Waals surface area contributed by atoms with Crippen molar-refractivity contribution in [3.63, 3.8) is 0 Å². The number of rotatable bonds is 13. The first kappa shape index (κ1) is 41.8. The first-order chi connectivity index (χ1) is 27.2. The second-order valence-electron chi connectivity index (χ2n) is 15.8. The van der Waals surface area contributed by atoms with Crippen molar-refractivity contribution in [3.8, 4) is 0 Å². The third kappa shape index (κ3) is 9.16. The molecule has 18 nitrogen and oxygen atoms in total. The summed E-state index contributed by atoms with van der Waals surface area (Å²) in [5.74, 6) is -5.27. The number of benzene rings is 1. The van der Waals surface area contributed by atoms with Crippen LogP contribution in [0.2, 0.25) is 0 Å². The Labute approximate surface area is 333 Å². The van der Waals surface area contributed by atoms with Gasteiger partial charge >= 0.3 is 12.2 Å². The van der Waals surface area contributed by atoms with Gasteiger partial charge in [0.1, 0.15) is 41.4 Å². The molecule has 312 valence electrons. The summed E-state index contributed by atoms with van der Waals surface area (Å²) in [5, 5.41) is 6.81. The van der Waals surface area contributed by atoms with Crippen LogP contribution >= 0.6 is 0 Å². The quantitative estimate of drug-likeness (QED) is 0.168. The number of ether oxygens (including phenoxy) is 2. The van der Waals surface area contributed by atoms with Crippen molar-refractivity contribution in [2.75, 3.05) is 13.1 Å². The number of sulfonamides is 1. The van der Waals surface area contributed by atoms with Crippen LogP contribution in [-0.4, -0.2) is 107 Å². The van der Waals surface area contributed by atoms with E-state index in [0.717, 1.165) is 11.2 Å². The Balaban J connectivity index is 1.25. The number of fused-ring (bicyclic) bond motifs is 1. The van der Waals surface area contributed by atoms with Gasteiger partial charge in [-0.15, -0.1) is 6.58 Å². The molecular formula is C38H45FN6O12S. The molecule has 4 N–H and O–H groups in total. The number of hydrogen-bond donors (Lipinski definition) is 4. The Morgan fingerprint density at radius 2 is 1.84 bits per heavy atom. The number of likely N-dealkylation sites (tertiary alicyclic amines) is 1. The molecule has 4 aliphatic rings. The lowest BCUT2D eigenvalue weighted by Crippen LogP contribution is -2.59. The average Bonchev–Trinajstić information content (AvgIpc) is 3.93. The smallest absolute Gasteiger partial charge is 0.410 e. The summed E-state index contributed by atoms with van der Waals surface area (Å²) in [6, 6.07) is 2.59. The monoisotopic (exact) mass is 828 g/mol. The van der Waals surface area contributed by atoms with Crippen molar-refractivity contribution in [1.29, 1.82) is 0 Å². The number of carbonyl (C=O) groups is 7. The molecule has 3 fully saturated rings. The molecule has 58 heavy (non-hydrogen) atoms. The van der Waals surface area contributed by atoms with E-state index < -0.39 is 111 Å². The lowest BCUT2D eigenvalue weighted by molar-refractivity contribution is -0.141. The van der Waals surface area contributed by atoms with Crippen LogP contribution in [0.5, 0.6) is 0 Å². The summed E-state index contributed by atoms with van der Waals surface area (Å²) >= 11 is 0. The van der Waals surface area contributed by atoms with Crippen LogP contribution in [-0.2, 0) is 47.0 Å². The van der Waals surface area contributed by atoms with Crippen molar-refractivity contribution in [3.05, 3.63) is 71.5 Å². The zero-order valence-electron chi connectivity index (χ0n) is 32.3. The van der Waals surface area contributed by atoms with E-state index in [0.29, 0.717) is 24.0 Å². The van der Waals surface area contributed by atoms with Crippen LogP contribution < -0.4 is 20.7 Å². The van der Waals surface area contributed by atoms with E-state index in [1.165, 1.54) is 36.1 Å². The normalized spacial score (nSPS) is 22.9. The zero-order chi connectivity index (χ0) is 42.3. The molecule has 5 atom stereocenters. The number of nitrogens with zero attached hydrogens (tertiary/aromatic N) is 2. The van der Waals surface area contributed by atoms with E-state index in [9.17, 15) is 46.4 Å². The maximum absolute atomic E-state index is 14.5. The van der Waals surface area contributed by atoms with E-state index in [4.69, 9.17) is 13.9 Å². The van der Waals surface area contributed by atoms with Gasteiger partial charge in [0.2, 0.25) is 21.8 Å². The summed E-state index contributed by atoms with van der Waals surface area (Å²) in [7, 11) is -4.01. The standard InChI is InChI=1S/C38H45FN6O12S/c1-6-23-14-38(23,34(50)43-58(53,54)25-10-11-25)42-32(48)29-13-24(56-36(52)44-16-21-8-7-9-27(39)26(21)18-44)17-45(29)33(49)28(41-35(51)57-37(3,4)5)15-40-31(47)22-12-30(20(2)46)55-19-22/h6-9,12,19,23-25,28-29H,1,10-11,13-18H2,2-5H3,(H,40,47)(H,41,51)(H,42,48)(H,43,50). The maximum atomic E-state index is 14.5. The molecular weight excluding hydrogens is 784 g/mol. The largest absolute Gasteiger partial charge is 0.460 e. The number of furan rings is 1. The summed E-state index contributed by atoms with van der Waals surface area (Å²) in [5.41, 5.74) is -1.89. The number of ketones is 1. The van der Waals surface area contributed by atoms with Crippen LogP contribution in [0.25, 0.3) is 0 Å². The van der Waals surface area contributed by atoms with Crippen molar-refractivity contribution in [1.82, 2.24) is 30.5 Å². The maximum Gasteiger partial charge on any atom is 0.410 e. The Morgan fingerprint density at radius 3 is 2.45 bits per heavy atom. The highest BCUT2D eigenvalue weighted by molar-refractivity contribution is 7.91. The highest BCUT2D eigenvalue weighted by Crippen LogP contribution is 2.45. The number of amides is 6. The second kappa shape index (κ2) is 15.9. The third-order valence-electron chi connectivity index (χ3n) is 10.2. The highest BCUT2D eigenvalue weighted by Gasteiger charge is 2.62. The topological polar surface area (TPSA) is 240 Å². The molecule has 2 aliphatic carbocycles. The molecule has 5 unspecified atom stereocenters. The Bertz CT molecular complexity index is 2160. The van der Waals surface area contributed by atoms with Crippen LogP contribution in [0.15, 0.2) is 47.6 Å². The third-order valence-corrected chi connectivity index (χ3v) is 12.0. The molecule has 6 amide bonds. The van der Waals surface area contributed by atoms with Gasteiger partial charge in [0.25, 0.3) is 11.8 Å². The van der Waals surface area contributed by atoms with Crippen LogP contribution in [0.1, 0.15) is 85.4 Å². The Hall–Kier alpha value is -5.79. The Kier molecular flexibility index (Phi) is 11.4. The molecule has 2 saturated carbocycles. The molecule has 0 radical (unpaired) electrons. The first-order valence-corrected chi connectivity index (χ1v) is 20.2. The minimum absolute atomic E-state index is 0.00757. The number of carbonyl (C=O) groups excluding carboxylic acids is 7. The molecule has 0 spiro atoms. The molecule has 3 heterocycles. The first-order valence-electron chi connectivity index (χ1n) is 18.6. The fourth-order valence-electron chi connectivity index (χ4n) is 6.91. The summed E-state index contributed by atoms with van der Waals surface area (Å²) in [4.78, 5) is 95.7. The number of halogens is 1. The fraction of sp³-hybridized carbons (Fsp3) is 0.500. The number of Topliss-reactive ketones (excluding diaryl/α,β-unsaturated/α-hetero) is 1. The van der Waals surface area contributed by atoms with Gasteiger partial charge in [-0.2, -0.15) is 0 Å². The van der Waals surface area contributed by atoms with Crippen molar-refractivity contribution in [2.45, 2.75) is 101 Å². The van der Waals surface area contributed by atoms with Crippen molar-refractivity contribution >= 4 is 51.6 Å². The molecule has 0 bridgehead atoms. The SMILES string of the molecule is C=CC1CC1(NC(=O)C1CC(OC(=O)N2Cc3cccc(F)c3C2)CN1C(=O)C(CNC(=O)c1coc(C(C)=O)c1)NC(=O)OC(C)(C)C)C(=O)NS(=O)(=O)C1CC1. The molecule has 20 heteroatoms. The van der Waals surface area contributed by atoms with E-state index in [-0.39, 0.29) is 37.3 Å². The van der Waals surface area contributed by atoms with Gasteiger partial charge in [-0.05, 0) is 51.7 Å². The van der Waals surface area contributed by atoms with Crippen molar-refractivity contribution < 1.29 is 60.3 Å². The van der Waals surface area contributed by atoms with Crippen LogP contribution in [0, 0.1) is 11.7 Å². The van der Waals surface area contributed by atoms with E-state index in [2.05, 4.69) is 27.3 Å². The minimum Gasteiger partial charge on any atom is -0.460 e. The van der Waals surface area contributed by atoms with Gasteiger partial charge in [-0.3, -0.25) is 33.6 Å². The van der Waals surface area contributed by atoms with Gasteiger partial charge in [0.15, 0.2) is 11.5 Å². The summed E-state index contributed by atoms with van der Waals surface area (Å²) in [6.07, 6.45) is -0.148. The van der Waals surface area contributed by atoms with Gasteiger partial charge in [-0.1, -0.05) is 18.2 Å². The van der Waals surface area contributed by atoms with E-state index >= 15 is 0 Å². The number of hydrogen-bond acceptors (Lipinski definition) is 12. The molecule has 6 rings (SSSR count). The zero-order valence-corrected chi connectivity index (χ0v) is 33.1. The van der Waals surface area contributed by atoms with Gasteiger partial charge in [-0.25, -0.2) is 22.4 Å². The second-order valence-corrected chi connectivity index (χ2v) is 17.8. The number of alkyl carbamates (subject to hydrolysis) is 1. The van der Waals surface area contributed by atoms with E-state index in [1.54, 1.807) is 26.8 Å². The lowest BCUT2D eigenvalue weighted by atomic mass is 10.1. The Morgan fingerprint density at radius 1 is 1.12 bits per heavy atom. The molecule has 1 aromatic heterocycles. The predicted octanol–water partition coefficient (Wildman–Crippen LogP) is 2.04. The van der Waals surface area contributed by atoms with E-state index in [1.807, 2.05) is 0 Å². The fourth-order valence-corrected chi connectivity index (χ4v) is 8.27. The van der Waals surface area contributed by atoms with Crippen LogP contribution in [0.4, 0.5) is 14.0 Å². The highest BCUT2D eigenvalue weighted by atomic mass is 32.2. The van der Waals surface area contributed by atoms with Gasteiger partial charge < -0.3 is 34.7 Å².